The van der Waals surface area contributed by atoms with Gasteiger partial charge in [0.2, 0.25) is 5.95 Å². The van der Waals surface area contributed by atoms with Crippen molar-refractivity contribution in [1.29, 1.82) is 0 Å². The minimum absolute atomic E-state index is 0.229. The summed E-state index contributed by atoms with van der Waals surface area (Å²) in [5.41, 5.74) is 2.59. The fraction of sp³-hybridized carbons (Fsp3) is 0.444. The zero-order chi connectivity index (χ0) is 16.2. The third-order valence-electron chi connectivity index (χ3n) is 4.44. The van der Waals surface area contributed by atoms with Crippen LogP contribution in [0.3, 0.4) is 0 Å². The maximum absolute atomic E-state index is 13.0. The van der Waals surface area contributed by atoms with Crippen LogP contribution in [0.15, 0.2) is 36.7 Å². The van der Waals surface area contributed by atoms with Crippen LogP contribution < -0.4 is 4.90 Å². The Labute approximate surface area is 136 Å². The quantitative estimate of drug-likeness (QED) is 0.869. The Morgan fingerprint density at radius 3 is 2.78 bits per heavy atom. The maximum atomic E-state index is 13.0. The second-order valence-electron chi connectivity index (χ2n) is 6.16. The molecule has 0 N–H and O–H groups in total. The molecule has 23 heavy (non-hydrogen) atoms. The van der Waals surface area contributed by atoms with E-state index in [0.717, 1.165) is 25.9 Å². The van der Waals surface area contributed by atoms with Crippen molar-refractivity contribution >= 4 is 5.95 Å². The summed E-state index contributed by atoms with van der Waals surface area (Å²) in [6, 6.07) is 8.58. The van der Waals surface area contributed by atoms with Gasteiger partial charge in [0, 0.05) is 26.1 Å². The summed E-state index contributed by atoms with van der Waals surface area (Å²) >= 11 is 0. The van der Waals surface area contributed by atoms with E-state index in [9.17, 15) is 4.39 Å². The molecule has 4 nitrogen and oxygen atoms in total. The summed E-state index contributed by atoms with van der Waals surface area (Å²) < 4.78 is 18.7. The van der Waals surface area contributed by atoms with E-state index in [1.54, 1.807) is 7.11 Å². The Morgan fingerprint density at radius 1 is 1.30 bits per heavy atom. The Hall–Kier alpha value is -2.01. The number of aryl methyl sites for hydroxylation is 1. The maximum Gasteiger partial charge on any atom is 0.225 e. The zero-order valence-corrected chi connectivity index (χ0v) is 13.6. The van der Waals surface area contributed by atoms with Crippen LogP contribution in [0.1, 0.15) is 17.5 Å². The lowest BCUT2D eigenvalue weighted by atomic mass is 9.88. The molecule has 122 valence electrons. The third kappa shape index (κ3) is 3.85. The van der Waals surface area contributed by atoms with Crippen LogP contribution >= 0.6 is 0 Å². The molecule has 0 unspecified atom stereocenters. The van der Waals surface area contributed by atoms with Crippen molar-refractivity contribution in [1.82, 2.24) is 9.97 Å². The van der Waals surface area contributed by atoms with Crippen molar-refractivity contribution in [2.45, 2.75) is 25.9 Å². The largest absolute Gasteiger partial charge is 0.381 e. The molecule has 1 aliphatic rings. The van der Waals surface area contributed by atoms with Crippen LogP contribution in [-0.2, 0) is 11.2 Å². The molecule has 0 aliphatic carbocycles. The number of hydrogen-bond donors (Lipinski definition) is 0. The van der Waals surface area contributed by atoms with Crippen molar-refractivity contribution in [2.24, 2.45) is 5.92 Å². The average molecular weight is 315 g/mol. The number of hydrogen-bond acceptors (Lipinski definition) is 4. The van der Waals surface area contributed by atoms with Crippen molar-refractivity contribution in [3.8, 4) is 0 Å². The first-order chi connectivity index (χ1) is 11.2. The molecule has 1 aromatic heterocycles. The highest BCUT2D eigenvalue weighted by atomic mass is 19.1. The summed E-state index contributed by atoms with van der Waals surface area (Å²) in [7, 11) is 1.78. The lowest BCUT2D eigenvalue weighted by molar-refractivity contribution is 0.0374. The summed E-state index contributed by atoms with van der Waals surface area (Å²) in [6.45, 7) is 3.75. The van der Waals surface area contributed by atoms with Crippen molar-refractivity contribution < 1.29 is 9.13 Å². The standard InChI is InChI=1S/C18H22FN3O/c1-13-4-3-5-14(8-13)9-15-12-22(7-6-17(15)23-2)18-20-10-16(19)11-21-18/h3-5,8,10-11,15,17H,6-7,9,12H2,1-2H3/t15-,17-/m1/s1. The number of nitrogens with zero attached hydrogens (tertiary/aromatic N) is 3. The minimum Gasteiger partial charge on any atom is -0.381 e. The van der Waals surface area contributed by atoms with Crippen molar-refractivity contribution in [2.75, 3.05) is 25.1 Å². The molecule has 3 rings (SSSR count). The predicted octanol–water partition coefficient (Wildman–Crippen LogP) is 3.01. The highest BCUT2D eigenvalue weighted by Gasteiger charge is 2.30. The number of halogens is 1. The van der Waals surface area contributed by atoms with Crippen LogP contribution in [0.2, 0.25) is 0 Å². The Morgan fingerprint density at radius 2 is 2.09 bits per heavy atom. The molecule has 0 saturated carbocycles. The first-order valence-corrected chi connectivity index (χ1v) is 7.96. The monoisotopic (exact) mass is 315 g/mol. The molecule has 0 radical (unpaired) electrons. The van der Waals surface area contributed by atoms with Crippen molar-refractivity contribution in [3.63, 3.8) is 0 Å². The van der Waals surface area contributed by atoms with Crippen molar-refractivity contribution in [3.05, 3.63) is 53.6 Å². The van der Waals surface area contributed by atoms with Gasteiger partial charge in [-0.3, -0.25) is 0 Å². The summed E-state index contributed by atoms with van der Waals surface area (Å²) in [4.78, 5) is 10.3. The number of rotatable bonds is 4. The average Bonchev–Trinajstić information content (AvgIpc) is 2.55. The van der Waals surface area contributed by atoms with Crippen LogP contribution in [0.4, 0.5) is 10.3 Å². The second-order valence-corrected chi connectivity index (χ2v) is 6.16. The molecule has 1 aliphatic heterocycles. The molecule has 5 heteroatoms. The van der Waals surface area contributed by atoms with E-state index in [4.69, 9.17) is 4.74 Å². The normalized spacial score (nSPS) is 21.4. The Bertz CT molecular complexity index is 647. The summed E-state index contributed by atoms with van der Waals surface area (Å²) in [5.74, 6) is 0.552. The highest BCUT2D eigenvalue weighted by molar-refractivity contribution is 5.31. The van der Waals surface area contributed by atoms with Gasteiger partial charge in [0.1, 0.15) is 0 Å². The fourth-order valence-electron chi connectivity index (χ4n) is 3.31. The molecule has 1 aromatic carbocycles. The van der Waals surface area contributed by atoms with Gasteiger partial charge in [0.05, 0.1) is 18.5 Å². The van der Waals surface area contributed by atoms with E-state index in [1.165, 1.54) is 23.5 Å². The van der Waals surface area contributed by atoms with E-state index >= 15 is 0 Å². The topological polar surface area (TPSA) is 38.2 Å². The molecule has 1 saturated heterocycles. The molecular weight excluding hydrogens is 293 g/mol. The molecule has 2 heterocycles. The number of piperidine rings is 1. The van der Waals surface area contributed by atoms with Crippen LogP contribution in [0.25, 0.3) is 0 Å². The molecule has 0 bridgehead atoms. The van der Waals surface area contributed by atoms with Crippen LogP contribution in [0, 0.1) is 18.7 Å². The van der Waals surface area contributed by atoms with Gasteiger partial charge in [-0.25, -0.2) is 14.4 Å². The number of aromatic nitrogens is 2. The van der Waals surface area contributed by atoms with Crippen LogP contribution in [-0.4, -0.2) is 36.3 Å². The van der Waals surface area contributed by atoms with Gasteiger partial charge in [-0.15, -0.1) is 0 Å². The summed E-state index contributed by atoms with van der Waals surface area (Å²) in [5, 5.41) is 0. The number of ether oxygens (including phenoxy) is 1. The van der Waals surface area contributed by atoms with Gasteiger partial charge < -0.3 is 9.64 Å². The molecule has 0 spiro atoms. The first kappa shape index (κ1) is 15.9. The minimum atomic E-state index is -0.406. The first-order valence-electron chi connectivity index (χ1n) is 7.96. The molecule has 2 aromatic rings. The predicted molar refractivity (Wildman–Crippen MR) is 88.0 cm³/mol. The van der Waals surface area contributed by atoms with E-state index < -0.39 is 5.82 Å². The van der Waals surface area contributed by atoms with E-state index in [2.05, 4.69) is 46.1 Å². The number of anilines is 1. The Balaban J connectivity index is 1.74. The number of benzene rings is 1. The zero-order valence-electron chi connectivity index (χ0n) is 13.6. The molecular formula is C18H22FN3O. The third-order valence-corrected chi connectivity index (χ3v) is 4.44. The van der Waals surface area contributed by atoms with Gasteiger partial charge in [0.25, 0.3) is 0 Å². The molecule has 2 atom stereocenters. The van der Waals surface area contributed by atoms with Gasteiger partial charge in [-0.05, 0) is 25.3 Å². The van der Waals surface area contributed by atoms with Gasteiger partial charge >= 0.3 is 0 Å². The van der Waals surface area contributed by atoms with Gasteiger partial charge in [-0.2, -0.15) is 0 Å². The Kier molecular flexibility index (Phi) is 4.86. The van der Waals surface area contributed by atoms with E-state index in [-0.39, 0.29) is 6.10 Å². The SMILES string of the molecule is CO[C@@H]1CCN(c2ncc(F)cn2)C[C@H]1Cc1cccc(C)c1. The lowest BCUT2D eigenvalue weighted by Gasteiger charge is -2.38. The molecule has 1 fully saturated rings. The van der Waals surface area contributed by atoms with Gasteiger partial charge in [-0.1, -0.05) is 29.8 Å². The number of methoxy groups -OCH3 is 1. The molecule has 0 amide bonds. The highest BCUT2D eigenvalue weighted by Crippen LogP contribution is 2.26. The van der Waals surface area contributed by atoms with Gasteiger partial charge in [0.15, 0.2) is 5.82 Å². The van der Waals surface area contributed by atoms with E-state index in [0.29, 0.717) is 11.9 Å². The second kappa shape index (κ2) is 7.04. The summed E-state index contributed by atoms with van der Waals surface area (Å²) in [6.07, 6.45) is 4.55. The lowest BCUT2D eigenvalue weighted by Crippen LogP contribution is -2.45. The van der Waals surface area contributed by atoms with Crippen LogP contribution in [0.5, 0.6) is 0 Å². The van der Waals surface area contributed by atoms with E-state index in [1.807, 2.05) is 0 Å². The fourth-order valence-corrected chi connectivity index (χ4v) is 3.31. The smallest absolute Gasteiger partial charge is 0.225 e.